The summed E-state index contributed by atoms with van der Waals surface area (Å²) >= 11 is 0. The molecule has 1 unspecified atom stereocenters. The summed E-state index contributed by atoms with van der Waals surface area (Å²) in [6, 6.07) is 7.12. The van der Waals surface area contributed by atoms with Crippen LogP contribution in [0.4, 0.5) is 0 Å². The molecule has 4 heteroatoms. The van der Waals surface area contributed by atoms with Crippen LogP contribution in [0.2, 0.25) is 0 Å². The fourth-order valence-corrected chi connectivity index (χ4v) is 3.43. The lowest BCUT2D eigenvalue weighted by molar-refractivity contribution is -0.206. The number of para-hydroxylation sites is 1. The molecule has 0 amide bonds. The van der Waals surface area contributed by atoms with Gasteiger partial charge in [-0.15, -0.1) is 0 Å². The third kappa shape index (κ3) is 0.975. The van der Waals surface area contributed by atoms with E-state index in [0.29, 0.717) is 17.9 Å². The molecule has 4 nitrogen and oxygen atoms in total. The van der Waals surface area contributed by atoms with Crippen LogP contribution >= 0.6 is 0 Å². The summed E-state index contributed by atoms with van der Waals surface area (Å²) in [4.78, 5) is 24.5. The number of hydrogen-bond donors (Lipinski definition) is 0. The number of carbonyl (C=O) groups excluding carboxylic acids is 2. The first-order chi connectivity index (χ1) is 8.73. The first-order valence-corrected chi connectivity index (χ1v) is 6.23. The molecule has 4 rings (SSSR count). The zero-order chi connectivity index (χ0) is 12.3. The minimum absolute atomic E-state index is 0.0203. The zero-order valence-electron chi connectivity index (χ0n) is 9.72. The van der Waals surface area contributed by atoms with Crippen LogP contribution in [0, 0.1) is 11.8 Å². The minimum Gasteiger partial charge on any atom is -0.474 e. The molecule has 1 aliphatic carbocycles. The van der Waals surface area contributed by atoms with Crippen LogP contribution in [0.1, 0.15) is 23.2 Å². The van der Waals surface area contributed by atoms with Crippen LogP contribution in [0.15, 0.2) is 24.3 Å². The van der Waals surface area contributed by atoms with Gasteiger partial charge in [0.15, 0.2) is 5.78 Å². The predicted octanol–water partition coefficient (Wildman–Crippen LogP) is 1.58. The van der Waals surface area contributed by atoms with Crippen molar-refractivity contribution in [3.05, 3.63) is 29.8 Å². The van der Waals surface area contributed by atoms with E-state index in [4.69, 9.17) is 9.47 Å². The van der Waals surface area contributed by atoms with E-state index in [1.54, 1.807) is 12.1 Å². The lowest BCUT2D eigenvalue weighted by Crippen LogP contribution is -2.71. The van der Waals surface area contributed by atoms with Crippen molar-refractivity contribution >= 4 is 11.8 Å². The van der Waals surface area contributed by atoms with E-state index in [-0.39, 0.29) is 23.6 Å². The summed E-state index contributed by atoms with van der Waals surface area (Å²) in [5.41, 5.74) is -0.436. The summed E-state index contributed by atoms with van der Waals surface area (Å²) in [7, 11) is 0. The fourth-order valence-electron chi connectivity index (χ4n) is 3.43. The Labute approximate surface area is 104 Å². The molecule has 1 aromatic carbocycles. The first kappa shape index (κ1) is 10.1. The monoisotopic (exact) mass is 244 g/mol. The molecule has 1 aromatic rings. The summed E-state index contributed by atoms with van der Waals surface area (Å²) in [5.74, 6) is -0.0571. The van der Waals surface area contributed by atoms with Gasteiger partial charge in [0.05, 0.1) is 18.1 Å². The molecule has 2 heterocycles. The zero-order valence-corrected chi connectivity index (χ0v) is 9.72. The molecule has 0 radical (unpaired) electrons. The highest BCUT2D eigenvalue weighted by Crippen LogP contribution is 2.56. The van der Waals surface area contributed by atoms with Crippen molar-refractivity contribution in [1.29, 1.82) is 0 Å². The lowest BCUT2D eigenvalue weighted by atomic mass is 9.55. The Bertz CT molecular complexity index is 565. The molecule has 0 N–H and O–H groups in total. The van der Waals surface area contributed by atoms with Gasteiger partial charge in [-0.3, -0.25) is 4.79 Å². The molecule has 18 heavy (non-hydrogen) atoms. The second kappa shape index (κ2) is 3.13. The van der Waals surface area contributed by atoms with Crippen molar-refractivity contribution in [3.63, 3.8) is 0 Å². The average Bonchev–Trinajstić information content (AvgIpc) is 2.36. The van der Waals surface area contributed by atoms with Crippen LogP contribution in [0.3, 0.4) is 0 Å². The van der Waals surface area contributed by atoms with Gasteiger partial charge in [-0.05, 0) is 25.0 Å². The molecule has 2 fully saturated rings. The van der Waals surface area contributed by atoms with E-state index in [0.717, 1.165) is 12.8 Å². The van der Waals surface area contributed by atoms with Crippen molar-refractivity contribution in [2.45, 2.75) is 18.4 Å². The third-order valence-corrected chi connectivity index (χ3v) is 4.41. The highest BCUT2D eigenvalue weighted by atomic mass is 16.6. The number of cyclic esters (lactones) is 1. The second-order valence-corrected chi connectivity index (χ2v) is 5.17. The van der Waals surface area contributed by atoms with Gasteiger partial charge < -0.3 is 9.47 Å². The molecule has 92 valence electrons. The first-order valence-electron chi connectivity index (χ1n) is 6.23. The molecule has 3 aliphatic rings. The molecule has 0 bridgehead atoms. The van der Waals surface area contributed by atoms with Gasteiger partial charge in [-0.2, -0.15) is 0 Å². The molecular weight excluding hydrogens is 232 g/mol. The standard InChI is InChI=1S/C14H12O4/c15-12-9-3-1-2-4-11(9)18-14-8(7-10(12)14)5-6-17-13(14)16/h1-4,8,10H,5-7H2/t8?,10-,14-/m1/s1. The lowest BCUT2D eigenvalue weighted by Gasteiger charge is -2.56. The van der Waals surface area contributed by atoms with Crippen molar-refractivity contribution in [3.8, 4) is 5.75 Å². The van der Waals surface area contributed by atoms with Gasteiger partial charge in [0.2, 0.25) is 5.60 Å². The quantitative estimate of drug-likeness (QED) is 0.650. The van der Waals surface area contributed by atoms with Gasteiger partial charge in [0.25, 0.3) is 0 Å². The van der Waals surface area contributed by atoms with Crippen molar-refractivity contribution in [1.82, 2.24) is 0 Å². The van der Waals surface area contributed by atoms with E-state index in [9.17, 15) is 9.59 Å². The van der Waals surface area contributed by atoms with Gasteiger partial charge in [0.1, 0.15) is 5.75 Å². The Morgan fingerprint density at radius 1 is 1.22 bits per heavy atom. The maximum absolute atomic E-state index is 12.4. The predicted molar refractivity (Wildman–Crippen MR) is 61.3 cm³/mol. The van der Waals surface area contributed by atoms with Crippen LogP contribution in [0.25, 0.3) is 0 Å². The number of benzene rings is 1. The second-order valence-electron chi connectivity index (χ2n) is 5.17. The van der Waals surface area contributed by atoms with Crippen LogP contribution in [0.5, 0.6) is 5.75 Å². The summed E-state index contributed by atoms with van der Waals surface area (Å²) in [6.45, 7) is 0.442. The number of carbonyl (C=O) groups is 2. The van der Waals surface area contributed by atoms with Crippen LogP contribution in [-0.4, -0.2) is 24.0 Å². The summed E-state index contributed by atoms with van der Waals surface area (Å²) < 4.78 is 11.0. The van der Waals surface area contributed by atoms with Gasteiger partial charge in [-0.1, -0.05) is 12.1 Å². The summed E-state index contributed by atoms with van der Waals surface area (Å²) in [5, 5.41) is 0. The highest BCUT2D eigenvalue weighted by Gasteiger charge is 2.69. The highest BCUT2D eigenvalue weighted by molar-refractivity contribution is 6.07. The van der Waals surface area contributed by atoms with Crippen LogP contribution < -0.4 is 4.74 Å². The Kier molecular flexibility index (Phi) is 1.76. The van der Waals surface area contributed by atoms with E-state index in [1.165, 1.54) is 0 Å². The average molecular weight is 244 g/mol. The van der Waals surface area contributed by atoms with Crippen molar-refractivity contribution < 1.29 is 19.1 Å². The number of rotatable bonds is 0. The Hall–Kier alpha value is -1.84. The number of hydrogen-bond acceptors (Lipinski definition) is 4. The molecule has 2 aliphatic heterocycles. The Balaban J connectivity index is 1.86. The van der Waals surface area contributed by atoms with E-state index in [1.807, 2.05) is 12.1 Å². The van der Waals surface area contributed by atoms with Gasteiger partial charge in [0, 0.05) is 5.92 Å². The minimum atomic E-state index is -1.02. The maximum atomic E-state index is 12.4. The van der Waals surface area contributed by atoms with Crippen LogP contribution in [-0.2, 0) is 9.53 Å². The van der Waals surface area contributed by atoms with E-state index < -0.39 is 5.60 Å². The Morgan fingerprint density at radius 3 is 2.89 bits per heavy atom. The van der Waals surface area contributed by atoms with E-state index in [2.05, 4.69) is 0 Å². The van der Waals surface area contributed by atoms with Gasteiger partial charge in [-0.25, -0.2) is 4.79 Å². The molecule has 1 spiro atoms. The largest absolute Gasteiger partial charge is 0.474 e. The number of fused-ring (bicyclic) bond motifs is 1. The SMILES string of the molecule is O=C1c2ccccc2O[C@]23C(=O)OCCC2C[C@H]13. The molecule has 0 aromatic heterocycles. The van der Waals surface area contributed by atoms with Crippen molar-refractivity contribution in [2.24, 2.45) is 11.8 Å². The van der Waals surface area contributed by atoms with E-state index >= 15 is 0 Å². The maximum Gasteiger partial charge on any atom is 0.351 e. The number of ketones is 1. The smallest absolute Gasteiger partial charge is 0.351 e. The summed E-state index contributed by atoms with van der Waals surface area (Å²) in [6.07, 6.45) is 1.53. The third-order valence-electron chi connectivity index (χ3n) is 4.41. The Morgan fingerprint density at radius 2 is 2.06 bits per heavy atom. The number of ether oxygens (including phenoxy) is 2. The van der Waals surface area contributed by atoms with Gasteiger partial charge >= 0.3 is 5.97 Å². The normalized spacial score (nSPS) is 36.4. The topological polar surface area (TPSA) is 52.6 Å². The fraction of sp³-hybridized carbons (Fsp3) is 0.429. The molecule has 3 atom stereocenters. The molecular formula is C14H12O4. The number of esters is 1. The number of Topliss-reactive ketones (excluding diaryl/α,β-unsaturated/α-hetero) is 1. The molecule has 1 saturated carbocycles. The molecule has 1 saturated heterocycles. The van der Waals surface area contributed by atoms with Crippen molar-refractivity contribution in [2.75, 3.05) is 6.61 Å².